The summed E-state index contributed by atoms with van der Waals surface area (Å²) in [7, 11) is -0.259. The summed E-state index contributed by atoms with van der Waals surface area (Å²) in [6, 6.07) is 2.85. The van der Waals surface area contributed by atoms with Gasteiger partial charge in [0, 0.05) is 18.0 Å². The fourth-order valence-electron chi connectivity index (χ4n) is 1.62. The Morgan fingerprint density at radius 2 is 2.14 bits per heavy atom. The number of aromatic carboxylic acids is 1. The highest BCUT2D eigenvalue weighted by Crippen LogP contribution is 2.14. The highest BCUT2D eigenvalue weighted by molar-refractivity contribution is 7.85. The molecule has 0 fully saturated rings. The van der Waals surface area contributed by atoms with E-state index in [0.717, 1.165) is 12.1 Å². The molecule has 0 spiro atoms. The number of nitrogens with one attached hydrogen (secondary N) is 1. The Morgan fingerprint density at radius 1 is 1.48 bits per heavy atom. The van der Waals surface area contributed by atoms with Gasteiger partial charge in [-0.1, -0.05) is 0 Å². The van der Waals surface area contributed by atoms with Gasteiger partial charge in [-0.05, 0) is 25.1 Å². The summed E-state index contributed by atoms with van der Waals surface area (Å²) in [5, 5.41) is 11.4. The van der Waals surface area contributed by atoms with Gasteiger partial charge in [0.1, 0.15) is 11.6 Å². The molecule has 0 aliphatic carbocycles. The molecule has 0 radical (unpaired) electrons. The summed E-state index contributed by atoms with van der Waals surface area (Å²) in [4.78, 5) is 22.5. The summed E-state index contributed by atoms with van der Waals surface area (Å²) >= 11 is 0. The molecule has 0 aliphatic rings. The molecule has 1 amide bonds. The van der Waals surface area contributed by atoms with Crippen LogP contribution in [0.3, 0.4) is 0 Å². The molecule has 0 saturated carbocycles. The van der Waals surface area contributed by atoms with E-state index in [4.69, 9.17) is 9.84 Å². The fraction of sp³-hybridized carbons (Fsp3) is 0.385. The molecule has 116 valence electrons. The Balaban J connectivity index is 2.74. The summed E-state index contributed by atoms with van der Waals surface area (Å²) in [5.74, 6) is -3.16. The number of rotatable bonds is 7. The van der Waals surface area contributed by atoms with E-state index in [2.05, 4.69) is 5.32 Å². The minimum Gasteiger partial charge on any atom is -0.478 e. The van der Waals surface area contributed by atoms with Crippen LogP contribution in [0.4, 0.5) is 4.39 Å². The predicted octanol–water partition coefficient (Wildman–Crippen LogP) is 0.783. The highest BCUT2D eigenvalue weighted by atomic mass is 32.2. The van der Waals surface area contributed by atoms with Crippen LogP contribution >= 0.6 is 0 Å². The van der Waals surface area contributed by atoms with Crippen LogP contribution in [0.1, 0.15) is 17.3 Å². The molecule has 0 bridgehead atoms. The molecule has 0 aliphatic heterocycles. The van der Waals surface area contributed by atoms with Crippen molar-refractivity contribution in [2.75, 3.05) is 19.5 Å². The SMILES string of the molecule is COCC(C)NC(=O)CS(=O)c1ccc(F)c(C(=O)O)c1. The lowest BCUT2D eigenvalue weighted by Gasteiger charge is -2.12. The van der Waals surface area contributed by atoms with E-state index in [0.29, 0.717) is 6.61 Å². The molecule has 6 nitrogen and oxygen atoms in total. The van der Waals surface area contributed by atoms with Crippen LogP contribution in [-0.2, 0) is 20.3 Å². The largest absolute Gasteiger partial charge is 0.478 e. The zero-order valence-corrected chi connectivity index (χ0v) is 12.4. The highest BCUT2D eigenvalue weighted by Gasteiger charge is 2.16. The van der Waals surface area contributed by atoms with E-state index in [-0.39, 0.29) is 16.7 Å². The van der Waals surface area contributed by atoms with Crippen molar-refractivity contribution in [3.05, 3.63) is 29.6 Å². The second-order valence-electron chi connectivity index (χ2n) is 4.36. The molecule has 1 aromatic rings. The maximum Gasteiger partial charge on any atom is 0.338 e. The molecule has 0 heterocycles. The summed E-state index contributed by atoms with van der Waals surface area (Å²) in [6.07, 6.45) is 0. The van der Waals surface area contributed by atoms with Crippen LogP contribution in [-0.4, -0.2) is 46.7 Å². The van der Waals surface area contributed by atoms with Gasteiger partial charge in [-0.3, -0.25) is 9.00 Å². The molecular weight excluding hydrogens is 301 g/mol. The van der Waals surface area contributed by atoms with Gasteiger partial charge in [0.05, 0.1) is 23.0 Å². The van der Waals surface area contributed by atoms with Gasteiger partial charge in [-0.25, -0.2) is 9.18 Å². The van der Waals surface area contributed by atoms with Crippen molar-refractivity contribution >= 4 is 22.7 Å². The first-order valence-electron chi connectivity index (χ1n) is 6.04. The third-order valence-corrected chi connectivity index (χ3v) is 3.82. The molecule has 2 unspecified atom stereocenters. The Bertz CT molecular complexity index is 563. The van der Waals surface area contributed by atoms with Crippen molar-refractivity contribution in [1.29, 1.82) is 0 Å². The Hall–Kier alpha value is -1.80. The Labute approximate surface area is 123 Å². The van der Waals surface area contributed by atoms with Gasteiger partial charge < -0.3 is 15.2 Å². The van der Waals surface area contributed by atoms with Crippen LogP contribution in [0.5, 0.6) is 0 Å². The Kier molecular flexibility index (Phi) is 6.44. The van der Waals surface area contributed by atoms with E-state index < -0.39 is 34.1 Å². The van der Waals surface area contributed by atoms with Crippen molar-refractivity contribution in [2.45, 2.75) is 17.9 Å². The quantitative estimate of drug-likeness (QED) is 0.775. The summed E-state index contributed by atoms with van der Waals surface area (Å²) < 4.78 is 30.1. The van der Waals surface area contributed by atoms with E-state index in [1.165, 1.54) is 13.2 Å². The standard InChI is InChI=1S/C13H16FNO5S/c1-8(6-20-2)15-12(16)7-21(19)9-3-4-11(14)10(5-9)13(17)18/h3-5,8H,6-7H2,1-2H3,(H,15,16)(H,17,18). The number of ether oxygens (including phenoxy) is 1. The Morgan fingerprint density at radius 3 is 2.71 bits per heavy atom. The predicted molar refractivity (Wildman–Crippen MR) is 74.1 cm³/mol. The van der Waals surface area contributed by atoms with Crippen molar-refractivity contribution in [2.24, 2.45) is 0 Å². The summed E-state index contributed by atoms with van der Waals surface area (Å²) in [6.45, 7) is 2.04. The van der Waals surface area contributed by atoms with Gasteiger partial charge in [0.2, 0.25) is 5.91 Å². The number of carboxylic acids is 1. The maximum atomic E-state index is 13.2. The van der Waals surface area contributed by atoms with Crippen LogP contribution < -0.4 is 5.32 Å². The van der Waals surface area contributed by atoms with Gasteiger partial charge in [-0.2, -0.15) is 0 Å². The number of carbonyl (C=O) groups excluding carboxylic acids is 1. The summed E-state index contributed by atoms with van der Waals surface area (Å²) in [5.41, 5.74) is -0.575. The molecular formula is C13H16FNO5S. The second-order valence-corrected chi connectivity index (χ2v) is 5.81. The number of methoxy groups -OCH3 is 1. The average Bonchev–Trinajstić information content (AvgIpc) is 2.38. The third kappa shape index (κ3) is 5.24. The molecule has 0 aromatic heterocycles. The number of carbonyl (C=O) groups is 2. The van der Waals surface area contributed by atoms with Crippen LogP contribution in [0.15, 0.2) is 23.1 Å². The van der Waals surface area contributed by atoms with E-state index in [1.54, 1.807) is 6.92 Å². The van der Waals surface area contributed by atoms with Crippen LogP contribution in [0.25, 0.3) is 0 Å². The average molecular weight is 317 g/mol. The molecule has 0 saturated heterocycles. The fourth-order valence-corrected chi connectivity index (χ4v) is 2.58. The van der Waals surface area contributed by atoms with Gasteiger partial charge >= 0.3 is 5.97 Å². The first kappa shape index (κ1) is 17.3. The van der Waals surface area contributed by atoms with Gasteiger partial charge in [0.25, 0.3) is 0 Å². The minimum atomic E-state index is -1.75. The van der Waals surface area contributed by atoms with E-state index >= 15 is 0 Å². The molecule has 1 rings (SSSR count). The van der Waals surface area contributed by atoms with Crippen molar-refractivity contribution in [3.8, 4) is 0 Å². The zero-order chi connectivity index (χ0) is 16.0. The lowest BCUT2D eigenvalue weighted by Crippen LogP contribution is -2.38. The van der Waals surface area contributed by atoms with E-state index in [9.17, 15) is 18.2 Å². The third-order valence-electron chi connectivity index (χ3n) is 2.52. The minimum absolute atomic E-state index is 0.0864. The zero-order valence-electron chi connectivity index (χ0n) is 11.6. The molecule has 1 aromatic carbocycles. The van der Waals surface area contributed by atoms with Gasteiger partial charge in [-0.15, -0.1) is 0 Å². The maximum absolute atomic E-state index is 13.2. The lowest BCUT2D eigenvalue weighted by atomic mass is 10.2. The number of hydrogen-bond donors (Lipinski definition) is 2. The van der Waals surface area contributed by atoms with Crippen LogP contribution in [0, 0.1) is 5.82 Å². The smallest absolute Gasteiger partial charge is 0.338 e. The molecule has 8 heteroatoms. The number of halogens is 1. The van der Waals surface area contributed by atoms with E-state index in [1.807, 2.05) is 0 Å². The normalized spacial score (nSPS) is 13.5. The molecule has 21 heavy (non-hydrogen) atoms. The monoisotopic (exact) mass is 317 g/mol. The number of amides is 1. The first-order chi connectivity index (χ1) is 9.85. The number of benzene rings is 1. The van der Waals surface area contributed by atoms with Crippen LogP contribution in [0.2, 0.25) is 0 Å². The number of carboxylic acid groups (broad SMARTS) is 1. The second kappa shape index (κ2) is 7.84. The van der Waals surface area contributed by atoms with Crippen molar-refractivity contribution in [1.82, 2.24) is 5.32 Å². The first-order valence-corrected chi connectivity index (χ1v) is 7.36. The molecule has 2 N–H and O–H groups in total. The van der Waals surface area contributed by atoms with Crippen molar-refractivity contribution < 1.29 is 28.0 Å². The molecule has 2 atom stereocenters. The number of hydrogen-bond acceptors (Lipinski definition) is 4. The topological polar surface area (TPSA) is 92.7 Å². The van der Waals surface area contributed by atoms with Gasteiger partial charge in [0.15, 0.2) is 0 Å². The van der Waals surface area contributed by atoms with Crippen molar-refractivity contribution in [3.63, 3.8) is 0 Å². The lowest BCUT2D eigenvalue weighted by molar-refractivity contribution is -0.119.